The van der Waals surface area contributed by atoms with Crippen molar-refractivity contribution in [1.82, 2.24) is 19.6 Å². The standard InChI is InChI=1S/C17H20ClN5O3/c1-13-10-16(23(25)26)22(19-13)12-17(24)21-8-6-20(7-9-21)11-14-4-2-3-5-15(14)18/h2-5,10H,6-9,11-12H2,1H3. The van der Waals surface area contributed by atoms with Gasteiger partial charge < -0.3 is 15.0 Å². The second-order valence-corrected chi connectivity index (χ2v) is 6.71. The van der Waals surface area contributed by atoms with Gasteiger partial charge in [0.2, 0.25) is 0 Å². The molecule has 0 bridgehead atoms. The van der Waals surface area contributed by atoms with Crippen LogP contribution in [0.15, 0.2) is 30.3 Å². The molecule has 0 saturated carbocycles. The average molecular weight is 378 g/mol. The van der Waals surface area contributed by atoms with E-state index in [1.54, 1.807) is 11.8 Å². The van der Waals surface area contributed by atoms with E-state index in [0.717, 1.165) is 34.9 Å². The van der Waals surface area contributed by atoms with Crippen molar-refractivity contribution in [2.75, 3.05) is 26.2 Å². The first kappa shape index (κ1) is 18.3. The Morgan fingerprint density at radius 1 is 1.27 bits per heavy atom. The number of carbonyl (C=O) groups is 1. The Labute approximate surface area is 156 Å². The summed E-state index contributed by atoms with van der Waals surface area (Å²) < 4.78 is 1.16. The zero-order chi connectivity index (χ0) is 18.7. The summed E-state index contributed by atoms with van der Waals surface area (Å²) in [5.74, 6) is -0.318. The number of piperazine rings is 1. The molecule has 1 saturated heterocycles. The molecule has 3 rings (SSSR count). The van der Waals surface area contributed by atoms with Crippen molar-refractivity contribution in [1.29, 1.82) is 0 Å². The largest absolute Gasteiger partial charge is 0.358 e. The Hall–Kier alpha value is -2.45. The van der Waals surface area contributed by atoms with Crippen molar-refractivity contribution in [2.45, 2.75) is 20.0 Å². The van der Waals surface area contributed by atoms with E-state index in [0.29, 0.717) is 18.8 Å². The number of aromatic nitrogens is 2. The van der Waals surface area contributed by atoms with Crippen molar-refractivity contribution >= 4 is 23.3 Å². The second kappa shape index (κ2) is 7.84. The van der Waals surface area contributed by atoms with Crippen LogP contribution >= 0.6 is 11.6 Å². The lowest BCUT2D eigenvalue weighted by atomic mass is 10.2. The maximum atomic E-state index is 12.5. The van der Waals surface area contributed by atoms with Crippen molar-refractivity contribution in [3.63, 3.8) is 0 Å². The van der Waals surface area contributed by atoms with Crippen LogP contribution in [0.4, 0.5) is 5.82 Å². The van der Waals surface area contributed by atoms with Gasteiger partial charge in [0.1, 0.15) is 0 Å². The fourth-order valence-electron chi connectivity index (χ4n) is 3.05. The highest BCUT2D eigenvalue weighted by molar-refractivity contribution is 6.31. The first-order valence-corrected chi connectivity index (χ1v) is 8.74. The summed E-state index contributed by atoms with van der Waals surface area (Å²) in [4.78, 5) is 27.0. The normalized spacial score (nSPS) is 15.2. The number of carbonyl (C=O) groups excluding carboxylic acids is 1. The summed E-state index contributed by atoms with van der Waals surface area (Å²) in [6.07, 6.45) is 0. The monoisotopic (exact) mass is 377 g/mol. The zero-order valence-electron chi connectivity index (χ0n) is 14.5. The van der Waals surface area contributed by atoms with Crippen molar-refractivity contribution in [3.8, 4) is 0 Å². The first-order chi connectivity index (χ1) is 12.4. The lowest BCUT2D eigenvalue weighted by Gasteiger charge is -2.34. The van der Waals surface area contributed by atoms with Crippen LogP contribution in [0.25, 0.3) is 0 Å². The summed E-state index contributed by atoms with van der Waals surface area (Å²) in [6, 6.07) is 9.10. The van der Waals surface area contributed by atoms with Crippen molar-refractivity contribution in [3.05, 3.63) is 56.7 Å². The van der Waals surface area contributed by atoms with Gasteiger partial charge in [-0.1, -0.05) is 34.9 Å². The lowest BCUT2D eigenvalue weighted by molar-refractivity contribution is -0.392. The van der Waals surface area contributed by atoms with Gasteiger partial charge in [0.15, 0.2) is 6.54 Å². The van der Waals surface area contributed by atoms with Crippen molar-refractivity contribution < 1.29 is 9.72 Å². The minimum atomic E-state index is -0.519. The number of amides is 1. The Morgan fingerprint density at radius 2 is 1.96 bits per heavy atom. The number of aryl methyl sites for hydroxylation is 1. The van der Waals surface area contributed by atoms with Crippen LogP contribution in [0, 0.1) is 17.0 Å². The highest BCUT2D eigenvalue weighted by atomic mass is 35.5. The molecule has 2 aromatic rings. The van der Waals surface area contributed by atoms with E-state index in [1.807, 2.05) is 24.3 Å². The Balaban J connectivity index is 1.56. The predicted molar refractivity (Wildman–Crippen MR) is 96.9 cm³/mol. The van der Waals surface area contributed by atoms with Crippen LogP contribution in [0.5, 0.6) is 0 Å². The minimum absolute atomic E-state index is 0.116. The lowest BCUT2D eigenvalue weighted by Crippen LogP contribution is -2.49. The molecule has 0 N–H and O–H groups in total. The Morgan fingerprint density at radius 3 is 2.62 bits per heavy atom. The molecule has 1 aliphatic rings. The molecule has 1 aromatic heterocycles. The zero-order valence-corrected chi connectivity index (χ0v) is 15.2. The summed E-state index contributed by atoms with van der Waals surface area (Å²) in [7, 11) is 0. The third-order valence-electron chi connectivity index (χ3n) is 4.43. The molecular weight excluding hydrogens is 358 g/mol. The average Bonchev–Trinajstić information content (AvgIpc) is 2.98. The van der Waals surface area contributed by atoms with Crippen molar-refractivity contribution in [2.24, 2.45) is 0 Å². The summed E-state index contributed by atoms with van der Waals surface area (Å²) in [5.41, 5.74) is 1.59. The highest BCUT2D eigenvalue weighted by Crippen LogP contribution is 2.18. The summed E-state index contributed by atoms with van der Waals surface area (Å²) in [6.45, 7) is 4.92. The number of rotatable bonds is 5. The summed E-state index contributed by atoms with van der Waals surface area (Å²) >= 11 is 6.20. The molecule has 9 heteroatoms. The number of nitro groups is 1. The third kappa shape index (κ3) is 4.20. The number of hydrogen-bond acceptors (Lipinski definition) is 5. The van der Waals surface area contributed by atoms with Gasteiger partial charge >= 0.3 is 5.82 Å². The van der Waals surface area contributed by atoms with Gasteiger partial charge in [-0.3, -0.25) is 9.69 Å². The smallest absolute Gasteiger partial charge is 0.345 e. The molecule has 8 nitrogen and oxygen atoms in total. The molecule has 138 valence electrons. The molecular formula is C17H20ClN5O3. The van der Waals surface area contributed by atoms with Crippen LogP contribution in [0.1, 0.15) is 11.3 Å². The number of benzene rings is 1. The number of hydrogen-bond donors (Lipinski definition) is 0. The number of halogens is 1. The van der Waals surface area contributed by atoms with Gasteiger partial charge in [0.05, 0.1) is 11.8 Å². The van der Waals surface area contributed by atoms with Gasteiger partial charge in [-0.05, 0) is 23.5 Å². The molecule has 1 fully saturated rings. The molecule has 0 spiro atoms. The second-order valence-electron chi connectivity index (χ2n) is 6.31. The first-order valence-electron chi connectivity index (χ1n) is 8.36. The van der Waals surface area contributed by atoms with Crippen LogP contribution in [-0.4, -0.2) is 56.6 Å². The van der Waals surface area contributed by atoms with E-state index < -0.39 is 4.92 Å². The SMILES string of the molecule is Cc1cc([N+](=O)[O-])n(CC(=O)N2CCN(Cc3ccccc3Cl)CC2)n1. The van der Waals surface area contributed by atoms with Crippen LogP contribution < -0.4 is 0 Å². The summed E-state index contributed by atoms with van der Waals surface area (Å²) in [5, 5.41) is 15.8. The topological polar surface area (TPSA) is 84.5 Å². The molecule has 0 radical (unpaired) electrons. The Kier molecular flexibility index (Phi) is 5.53. The van der Waals surface area contributed by atoms with Gasteiger partial charge in [-0.15, -0.1) is 4.68 Å². The van der Waals surface area contributed by atoms with Gasteiger partial charge in [0.25, 0.3) is 5.91 Å². The molecule has 2 heterocycles. The van der Waals surface area contributed by atoms with Gasteiger partial charge in [0, 0.05) is 37.7 Å². The molecule has 1 amide bonds. The molecule has 0 aliphatic carbocycles. The van der Waals surface area contributed by atoms with Gasteiger partial charge in [-0.25, -0.2) is 0 Å². The third-order valence-corrected chi connectivity index (χ3v) is 4.80. The highest BCUT2D eigenvalue weighted by Gasteiger charge is 2.26. The predicted octanol–water partition coefficient (Wildman–Crippen LogP) is 2.10. The van der Waals surface area contributed by atoms with E-state index in [4.69, 9.17) is 11.6 Å². The van der Waals surface area contributed by atoms with E-state index in [-0.39, 0.29) is 18.3 Å². The maximum absolute atomic E-state index is 12.5. The van der Waals surface area contributed by atoms with E-state index in [2.05, 4.69) is 10.00 Å². The fourth-order valence-corrected chi connectivity index (χ4v) is 3.24. The van der Waals surface area contributed by atoms with Crippen LogP contribution in [-0.2, 0) is 17.9 Å². The minimum Gasteiger partial charge on any atom is -0.358 e. The van der Waals surface area contributed by atoms with E-state index in [9.17, 15) is 14.9 Å². The molecule has 0 unspecified atom stereocenters. The van der Waals surface area contributed by atoms with E-state index >= 15 is 0 Å². The maximum Gasteiger partial charge on any atom is 0.345 e. The Bertz CT molecular complexity index is 814. The van der Waals surface area contributed by atoms with Gasteiger partial charge in [-0.2, -0.15) is 0 Å². The number of nitrogens with zero attached hydrogens (tertiary/aromatic N) is 5. The molecule has 26 heavy (non-hydrogen) atoms. The molecule has 0 atom stereocenters. The van der Waals surface area contributed by atoms with E-state index in [1.165, 1.54) is 6.07 Å². The fraction of sp³-hybridized carbons (Fsp3) is 0.412. The van der Waals surface area contributed by atoms with Crippen LogP contribution in [0.3, 0.4) is 0 Å². The van der Waals surface area contributed by atoms with Crippen LogP contribution in [0.2, 0.25) is 5.02 Å². The quantitative estimate of drug-likeness (QED) is 0.588. The molecule has 1 aromatic carbocycles. The molecule has 1 aliphatic heterocycles.